The summed E-state index contributed by atoms with van der Waals surface area (Å²) in [6.07, 6.45) is 2.05. The second-order valence-electron chi connectivity index (χ2n) is 5.46. The van der Waals surface area contributed by atoms with Crippen LogP contribution in [0.4, 0.5) is 10.1 Å². The molecule has 2 rings (SSSR count). The van der Waals surface area contributed by atoms with Gasteiger partial charge in [0.2, 0.25) is 10.0 Å². The van der Waals surface area contributed by atoms with Gasteiger partial charge in [-0.15, -0.1) is 0 Å². The van der Waals surface area contributed by atoms with Gasteiger partial charge in [0.05, 0.1) is 10.6 Å². The molecule has 0 unspecified atom stereocenters. The van der Waals surface area contributed by atoms with Crippen LogP contribution in [0.2, 0.25) is 0 Å². The first-order chi connectivity index (χ1) is 10.3. The number of nitrogens with two attached hydrogens (primary N) is 1. The van der Waals surface area contributed by atoms with E-state index >= 15 is 0 Å². The Labute approximate surface area is 139 Å². The van der Waals surface area contributed by atoms with Crippen molar-refractivity contribution in [2.24, 2.45) is 5.14 Å². The van der Waals surface area contributed by atoms with Crippen LogP contribution in [0, 0.1) is 5.82 Å². The van der Waals surface area contributed by atoms with E-state index in [1.54, 1.807) is 0 Å². The molecule has 1 saturated heterocycles. The van der Waals surface area contributed by atoms with Gasteiger partial charge in [-0.2, -0.15) is 0 Å². The van der Waals surface area contributed by atoms with Gasteiger partial charge in [0, 0.05) is 24.1 Å². The van der Waals surface area contributed by atoms with Gasteiger partial charge in [-0.1, -0.05) is 6.92 Å². The van der Waals surface area contributed by atoms with Crippen LogP contribution in [0.3, 0.4) is 0 Å². The molecular weight excluding hydrogens is 373 g/mol. The van der Waals surface area contributed by atoms with Crippen molar-refractivity contribution in [3.05, 3.63) is 22.4 Å². The van der Waals surface area contributed by atoms with Crippen LogP contribution >= 0.6 is 15.9 Å². The summed E-state index contributed by atoms with van der Waals surface area (Å²) in [7, 11) is -3.92. The molecule has 0 bridgehead atoms. The molecule has 0 atom stereocenters. The van der Waals surface area contributed by atoms with E-state index in [-0.39, 0.29) is 4.90 Å². The highest BCUT2D eigenvalue weighted by Crippen LogP contribution is 2.32. The topological polar surface area (TPSA) is 66.6 Å². The number of benzene rings is 1. The molecule has 0 aromatic heterocycles. The largest absolute Gasteiger partial charge is 0.367 e. The maximum atomic E-state index is 14.4. The zero-order chi connectivity index (χ0) is 16.3. The van der Waals surface area contributed by atoms with Gasteiger partial charge < -0.3 is 9.80 Å². The number of primary sulfonamides is 1. The Hall–Kier alpha value is -0.700. The van der Waals surface area contributed by atoms with Crippen LogP contribution in [0.5, 0.6) is 0 Å². The van der Waals surface area contributed by atoms with Gasteiger partial charge in [0.1, 0.15) is 5.82 Å². The van der Waals surface area contributed by atoms with E-state index in [2.05, 4.69) is 27.8 Å². The summed E-state index contributed by atoms with van der Waals surface area (Å²) >= 11 is 3.28. The number of anilines is 1. The standard InChI is InChI=1S/C14H21BrFN3O2S/c1-2-4-18-5-3-6-19(8-7-18)14-12(15)9-11(10-13(14)16)22(17,20)21/h9-10H,2-8H2,1H3,(H2,17,20,21). The van der Waals surface area contributed by atoms with E-state index in [4.69, 9.17) is 5.14 Å². The molecule has 8 heteroatoms. The van der Waals surface area contributed by atoms with Crippen LogP contribution < -0.4 is 10.0 Å². The van der Waals surface area contributed by atoms with Gasteiger partial charge in [-0.25, -0.2) is 17.9 Å². The van der Waals surface area contributed by atoms with Crippen molar-refractivity contribution >= 4 is 31.6 Å². The highest BCUT2D eigenvalue weighted by molar-refractivity contribution is 9.10. The first kappa shape index (κ1) is 17.7. The predicted molar refractivity (Wildman–Crippen MR) is 89.0 cm³/mol. The van der Waals surface area contributed by atoms with Gasteiger partial charge in [0.15, 0.2) is 0 Å². The molecule has 5 nitrogen and oxygen atoms in total. The fourth-order valence-corrected chi connectivity index (χ4v) is 4.13. The summed E-state index contributed by atoms with van der Waals surface area (Å²) in [5, 5.41) is 5.06. The third-order valence-corrected chi connectivity index (χ3v) is 5.26. The Kier molecular flexibility index (Phi) is 5.81. The SMILES string of the molecule is CCCN1CCCN(c2c(F)cc(S(N)(=O)=O)cc2Br)CC1. The molecular formula is C14H21BrFN3O2S. The zero-order valence-electron chi connectivity index (χ0n) is 12.6. The molecule has 0 saturated carbocycles. The second kappa shape index (κ2) is 7.25. The van der Waals surface area contributed by atoms with Crippen molar-refractivity contribution in [1.29, 1.82) is 0 Å². The lowest BCUT2D eigenvalue weighted by atomic mass is 10.2. The van der Waals surface area contributed by atoms with Crippen LogP contribution in [0.1, 0.15) is 19.8 Å². The van der Waals surface area contributed by atoms with Crippen molar-refractivity contribution < 1.29 is 12.8 Å². The summed E-state index contributed by atoms with van der Waals surface area (Å²) < 4.78 is 37.5. The molecule has 2 N–H and O–H groups in total. The number of hydrogen-bond acceptors (Lipinski definition) is 4. The smallest absolute Gasteiger partial charge is 0.238 e. The second-order valence-corrected chi connectivity index (χ2v) is 7.88. The highest BCUT2D eigenvalue weighted by Gasteiger charge is 2.22. The predicted octanol–water partition coefficient (Wildman–Crippen LogP) is 2.16. The zero-order valence-corrected chi connectivity index (χ0v) is 15.0. The van der Waals surface area contributed by atoms with Crippen LogP contribution in [0.25, 0.3) is 0 Å². The van der Waals surface area contributed by atoms with Crippen molar-refractivity contribution in [2.45, 2.75) is 24.7 Å². The molecule has 1 aliphatic rings. The van der Waals surface area contributed by atoms with Crippen molar-refractivity contribution in [3.63, 3.8) is 0 Å². The number of rotatable bonds is 4. The Morgan fingerprint density at radius 1 is 1.27 bits per heavy atom. The third kappa shape index (κ3) is 4.18. The number of hydrogen-bond donors (Lipinski definition) is 1. The Morgan fingerprint density at radius 3 is 2.59 bits per heavy atom. The molecule has 0 spiro atoms. The molecule has 0 radical (unpaired) electrons. The lowest BCUT2D eigenvalue weighted by molar-refractivity contribution is 0.294. The van der Waals surface area contributed by atoms with E-state index in [0.717, 1.165) is 45.1 Å². The first-order valence-corrected chi connectivity index (χ1v) is 9.66. The van der Waals surface area contributed by atoms with Crippen molar-refractivity contribution in [2.75, 3.05) is 37.6 Å². The summed E-state index contributed by atoms with van der Waals surface area (Å²) in [4.78, 5) is 4.11. The van der Waals surface area contributed by atoms with E-state index in [9.17, 15) is 12.8 Å². The van der Waals surface area contributed by atoms with Crippen LogP contribution in [-0.4, -0.2) is 46.0 Å². The Morgan fingerprint density at radius 2 is 2.00 bits per heavy atom. The lowest BCUT2D eigenvalue weighted by Crippen LogP contribution is -2.31. The maximum absolute atomic E-state index is 14.4. The summed E-state index contributed by atoms with van der Waals surface area (Å²) in [6, 6.07) is 2.35. The molecule has 0 amide bonds. The fraction of sp³-hybridized carbons (Fsp3) is 0.571. The van der Waals surface area contributed by atoms with Gasteiger partial charge in [-0.3, -0.25) is 0 Å². The third-order valence-electron chi connectivity index (χ3n) is 3.76. The van der Waals surface area contributed by atoms with Crippen LogP contribution in [0.15, 0.2) is 21.5 Å². The molecule has 1 aromatic carbocycles. The van der Waals surface area contributed by atoms with Crippen molar-refractivity contribution in [3.8, 4) is 0 Å². The number of sulfonamides is 1. The minimum atomic E-state index is -3.92. The normalized spacial score (nSPS) is 17.5. The fourth-order valence-electron chi connectivity index (χ4n) is 2.74. The molecule has 1 heterocycles. The van der Waals surface area contributed by atoms with Gasteiger partial charge >= 0.3 is 0 Å². The minimum absolute atomic E-state index is 0.219. The van der Waals surface area contributed by atoms with E-state index in [1.807, 2.05) is 4.90 Å². The molecule has 124 valence electrons. The average Bonchev–Trinajstić information content (AvgIpc) is 2.63. The highest BCUT2D eigenvalue weighted by atomic mass is 79.9. The minimum Gasteiger partial charge on any atom is -0.367 e. The monoisotopic (exact) mass is 393 g/mol. The van der Waals surface area contributed by atoms with E-state index in [0.29, 0.717) is 16.7 Å². The molecule has 1 fully saturated rings. The van der Waals surface area contributed by atoms with E-state index < -0.39 is 15.8 Å². The van der Waals surface area contributed by atoms with Gasteiger partial charge in [-0.05, 0) is 54.0 Å². The quantitative estimate of drug-likeness (QED) is 0.850. The van der Waals surface area contributed by atoms with Gasteiger partial charge in [0.25, 0.3) is 0 Å². The summed E-state index contributed by atoms with van der Waals surface area (Å²) in [5.41, 5.74) is 0.408. The Balaban J connectivity index is 2.25. The molecule has 22 heavy (non-hydrogen) atoms. The maximum Gasteiger partial charge on any atom is 0.238 e. The molecule has 1 aromatic rings. The number of nitrogens with zero attached hydrogens (tertiary/aromatic N) is 2. The molecule has 0 aliphatic carbocycles. The van der Waals surface area contributed by atoms with Crippen LogP contribution in [-0.2, 0) is 10.0 Å². The van der Waals surface area contributed by atoms with E-state index in [1.165, 1.54) is 6.07 Å². The lowest BCUT2D eigenvalue weighted by Gasteiger charge is -2.25. The Bertz CT molecular complexity index is 616. The summed E-state index contributed by atoms with van der Waals surface area (Å²) in [6.45, 7) is 6.51. The molecule has 1 aliphatic heterocycles. The first-order valence-electron chi connectivity index (χ1n) is 7.32. The summed E-state index contributed by atoms with van der Waals surface area (Å²) in [5.74, 6) is -0.567. The average molecular weight is 394 g/mol. The van der Waals surface area contributed by atoms with Crippen molar-refractivity contribution in [1.82, 2.24) is 4.90 Å². The number of halogens is 2.